The van der Waals surface area contributed by atoms with Crippen LogP contribution in [0, 0.1) is 5.92 Å². The molecule has 0 bridgehead atoms. The Morgan fingerprint density at radius 3 is 2.06 bits per heavy atom. The number of hydrogen-bond donors (Lipinski definition) is 7. The maximum atomic E-state index is 13.9. The van der Waals surface area contributed by atoms with E-state index >= 15 is 0 Å². The maximum absolute atomic E-state index is 13.9. The number of nitrogens with one attached hydrogen (secondary N) is 2. The van der Waals surface area contributed by atoms with E-state index in [4.69, 9.17) is 4.74 Å². The molecule has 0 spiro atoms. The van der Waals surface area contributed by atoms with Crippen LogP contribution in [0.15, 0.2) is 36.4 Å². The lowest BCUT2D eigenvalue weighted by Gasteiger charge is -2.53. The van der Waals surface area contributed by atoms with Crippen molar-refractivity contribution in [3.05, 3.63) is 53.1 Å². The van der Waals surface area contributed by atoms with Crippen molar-refractivity contribution in [3.63, 3.8) is 0 Å². The minimum absolute atomic E-state index is 0.0210. The summed E-state index contributed by atoms with van der Waals surface area (Å²) in [5.41, 5.74) is -3.90. The highest BCUT2D eigenvalue weighted by Crippen LogP contribution is 2.44. The van der Waals surface area contributed by atoms with E-state index in [1.165, 1.54) is 38.4 Å². The van der Waals surface area contributed by atoms with Crippen molar-refractivity contribution >= 4 is 11.8 Å². The van der Waals surface area contributed by atoms with E-state index < -0.39 is 65.9 Å². The van der Waals surface area contributed by atoms with Crippen molar-refractivity contribution in [2.24, 2.45) is 5.92 Å². The van der Waals surface area contributed by atoms with Crippen molar-refractivity contribution in [1.29, 1.82) is 0 Å². The highest BCUT2D eigenvalue weighted by atomic mass is 19.4. The second kappa shape index (κ2) is 10.0. The standard InChI is InChI=1S/C23H25F3N2O8/c1-27-19(32)12-5-11(6-13(7-12)20(33)28-2)10-3-4-16(14(8-10)23(24,25)26)36-21(34)22(35)15(9-29)17(30)18(22)31/h3-8,15,17-18,21,29-31,34-35H,9H2,1-2H3,(H,27,32)(H,28,33). The van der Waals surface area contributed by atoms with Gasteiger partial charge in [0, 0.05) is 31.1 Å². The third-order valence-electron chi connectivity index (χ3n) is 6.16. The van der Waals surface area contributed by atoms with E-state index in [0.29, 0.717) is 6.07 Å². The van der Waals surface area contributed by atoms with Gasteiger partial charge in [0.1, 0.15) is 11.9 Å². The first-order valence-electron chi connectivity index (χ1n) is 10.6. The molecule has 10 nitrogen and oxygen atoms in total. The fourth-order valence-electron chi connectivity index (χ4n) is 4.04. The Morgan fingerprint density at radius 1 is 1.03 bits per heavy atom. The topological polar surface area (TPSA) is 169 Å². The molecule has 1 fully saturated rings. The number of amides is 2. The number of carbonyl (C=O) groups excluding carboxylic acids is 2. The van der Waals surface area contributed by atoms with Gasteiger partial charge < -0.3 is 40.9 Å². The summed E-state index contributed by atoms with van der Waals surface area (Å²) in [6, 6.07) is 6.54. The van der Waals surface area contributed by atoms with Crippen molar-refractivity contribution in [3.8, 4) is 16.9 Å². The van der Waals surface area contributed by atoms with Crippen LogP contribution in [-0.4, -0.2) is 82.1 Å². The van der Waals surface area contributed by atoms with E-state index in [2.05, 4.69) is 10.6 Å². The predicted molar refractivity (Wildman–Crippen MR) is 118 cm³/mol. The number of alkyl halides is 3. The zero-order valence-corrected chi connectivity index (χ0v) is 19.1. The summed E-state index contributed by atoms with van der Waals surface area (Å²) in [7, 11) is 2.70. The minimum Gasteiger partial charge on any atom is -0.461 e. The molecule has 5 atom stereocenters. The molecule has 13 heteroatoms. The molecule has 0 heterocycles. The van der Waals surface area contributed by atoms with Crippen molar-refractivity contribution in [1.82, 2.24) is 10.6 Å². The molecule has 1 aliphatic carbocycles. The SMILES string of the molecule is CNC(=O)c1cc(C(=O)NC)cc(-c2ccc(OC(O)C3(O)C(O)C(O)C3CO)c(C(F)(F)F)c2)c1. The van der Waals surface area contributed by atoms with Crippen molar-refractivity contribution in [2.75, 3.05) is 20.7 Å². The first-order valence-corrected chi connectivity index (χ1v) is 10.6. The molecular formula is C23H25F3N2O8. The van der Waals surface area contributed by atoms with Gasteiger partial charge in [0.05, 0.1) is 18.3 Å². The molecule has 0 saturated heterocycles. The highest BCUT2D eigenvalue weighted by Gasteiger charge is 2.65. The summed E-state index contributed by atoms with van der Waals surface area (Å²) in [6.07, 6.45) is -11.0. The summed E-state index contributed by atoms with van der Waals surface area (Å²) in [5.74, 6) is -3.53. The van der Waals surface area contributed by atoms with E-state index in [0.717, 1.165) is 6.07 Å². The number of benzene rings is 2. The molecule has 5 unspecified atom stereocenters. The molecule has 196 valence electrons. The molecule has 7 N–H and O–H groups in total. The van der Waals surface area contributed by atoms with Gasteiger partial charge >= 0.3 is 6.18 Å². The number of aliphatic hydroxyl groups is 5. The molecule has 1 aliphatic rings. The summed E-state index contributed by atoms with van der Waals surface area (Å²) in [4.78, 5) is 24.3. The lowest BCUT2D eigenvalue weighted by molar-refractivity contribution is -0.332. The van der Waals surface area contributed by atoms with Crippen LogP contribution in [0.1, 0.15) is 26.3 Å². The van der Waals surface area contributed by atoms with Crippen LogP contribution in [0.3, 0.4) is 0 Å². The second-order valence-corrected chi connectivity index (χ2v) is 8.25. The molecule has 2 amide bonds. The van der Waals surface area contributed by atoms with Gasteiger partial charge in [-0.25, -0.2) is 0 Å². The largest absolute Gasteiger partial charge is 0.461 e. The fourth-order valence-corrected chi connectivity index (χ4v) is 4.04. The number of rotatable bonds is 7. The van der Waals surface area contributed by atoms with Crippen molar-refractivity contribution in [2.45, 2.75) is 30.3 Å². The normalized spacial score (nSPS) is 24.4. The monoisotopic (exact) mass is 514 g/mol. The van der Waals surface area contributed by atoms with E-state index in [-0.39, 0.29) is 22.3 Å². The Balaban J connectivity index is 2.05. The first kappa shape index (κ1) is 27.4. The molecule has 2 aromatic rings. The number of carbonyl (C=O) groups is 2. The van der Waals surface area contributed by atoms with Crippen LogP contribution in [0.2, 0.25) is 0 Å². The van der Waals surface area contributed by atoms with E-state index in [9.17, 15) is 48.3 Å². The number of halogens is 3. The Labute approximate surface area is 203 Å². The molecule has 0 radical (unpaired) electrons. The Kier molecular flexibility index (Phi) is 7.62. The molecule has 2 aromatic carbocycles. The smallest absolute Gasteiger partial charge is 0.419 e. The highest BCUT2D eigenvalue weighted by molar-refractivity contribution is 6.01. The van der Waals surface area contributed by atoms with Gasteiger partial charge in [-0.2, -0.15) is 13.2 Å². The fraction of sp³-hybridized carbons (Fsp3) is 0.391. The van der Waals surface area contributed by atoms with E-state index in [1.54, 1.807) is 0 Å². The maximum Gasteiger partial charge on any atom is 0.419 e. The lowest BCUT2D eigenvalue weighted by atomic mass is 9.64. The summed E-state index contributed by atoms with van der Waals surface area (Å²) in [6.45, 7) is -0.879. The number of hydrogen-bond acceptors (Lipinski definition) is 8. The van der Waals surface area contributed by atoms with Crippen LogP contribution in [0.25, 0.3) is 11.1 Å². The van der Waals surface area contributed by atoms with Gasteiger partial charge in [-0.05, 0) is 41.5 Å². The zero-order valence-electron chi connectivity index (χ0n) is 19.1. The third kappa shape index (κ3) is 4.75. The zero-order chi connectivity index (χ0) is 27.0. The Bertz CT molecular complexity index is 1120. The predicted octanol–water partition coefficient (Wildman–Crippen LogP) is -0.136. The molecule has 1 saturated carbocycles. The van der Waals surface area contributed by atoms with Gasteiger partial charge in [-0.15, -0.1) is 0 Å². The van der Waals surface area contributed by atoms with Crippen LogP contribution in [0.5, 0.6) is 5.75 Å². The number of ether oxygens (including phenoxy) is 1. The summed E-state index contributed by atoms with van der Waals surface area (Å²) >= 11 is 0. The first-order chi connectivity index (χ1) is 16.8. The second-order valence-electron chi connectivity index (χ2n) is 8.25. The summed E-state index contributed by atoms with van der Waals surface area (Å²) in [5, 5.41) is 54.3. The van der Waals surface area contributed by atoms with E-state index in [1.807, 2.05) is 0 Å². The molecule has 36 heavy (non-hydrogen) atoms. The third-order valence-corrected chi connectivity index (χ3v) is 6.16. The molecule has 3 rings (SSSR count). The van der Waals surface area contributed by atoms with Gasteiger partial charge in [-0.1, -0.05) is 6.07 Å². The number of aliphatic hydroxyl groups excluding tert-OH is 4. The van der Waals surface area contributed by atoms with Gasteiger partial charge in [0.15, 0.2) is 5.60 Å². The Hall–Kier alpha value is -3.23. The lowest BCUT2D eigenvalue weighted by Crippen LogP contribution is -2.76. The average Bonchev–Trinajstić information content (AvgIpc) is 2.86. The minimum atomic E-state index is -5.01. The van der Waals surface area contributed by atoms with Crippen LogP contribution < -0.4 is 15.4 Å². The molecule has 0 aliphatic heterocycles. The van der Waals surface area contributed by atoms with Crippen molar-refractivity contribution < 1.29 is 53.0 Å². The van der Waals surface area contributed by atoms with Crippen LogP contribution >= 0.6 is 0 Å². The molecular weight excluding hydrogens is 489 g/mol. The van der Waals surface area contributed by atoms with Gasteiger partial charge in [0.2, 0.25) is 6.29 Å². The average molecular weight is 514 g/mol. The van der Waals surface area contributed by atoms with Gasteiger partial charge in [0.25, 0.3) is 11.8 Å². The summed E-state index contributed by atoms with van der Waals surface area (Å²) < 4.78 is 46.7. The Morgan fingerprint density at radius 2 is 1.58 bits per heavy atom. The van der Waals surface area contributed by atoms with Crippen LogP contribution in [-0.2, 0) is 6.18 Å². The quantitative estimate of drug-likeness (QED) is 0.251. The molecule has 0 aromatic heterocycles. The van der Waals surface area contributed by atoms with Gasteiger partial charge in [-0.3, -0.25) is 9.59 Å². The van der Waals surface area contributed by atoms with Crippen LogP contribution in [0.4, 0.5) is 13.2 Å².